The summed E-state index contributed by atoms with van der Waals surface area (Å²) in [5, 5.41) is 17.6. The second-order valence-electron chi connectivity index (χ2n) is 4.42. The number of hydrogen-bond acceptors (Lipinski definition) is 7. The van der Waals surface area contributed by atoms with Crippen LogP contribution in [0.25, 0.3) is 10.9 Å². The summed E-state index contributed by atoms with van der Waals surface area (Å²) in [4.78, 5) is 23.0. The number of aromatic nitrogens is 3. The van der Waals surface area contributed by atoms with E-state index >= 15 is 0 Å². The first-order valence-corrected chi connectivity index (χ1v) is 7.08. The van der Waals surface area contributed by atoms with Gasteiger partial charge in [0.2, 0.25) is 0 Å². The fourth-order valence-electron chi connectivity index (χ4n) is 1.99. The average molecular weight is 301 g/mol. The maximum atomic E-state index is 10.9. The molecule has 1 N–H and O–H groups in total. The molecule has 21 heavy (non-hydrogen) atoms. The number of nitrogens with zero attached hydrogens (tertiary/aromatic N) is 4. The molecule has 0 aliphatic heterocycles. The van der Waals surface area contributed by atoms with E-state index in [9.17, 15) is 10.1 Å². The van der Waals surface area contributed by atoms with Gasteiger partial charge >= 0.3 is 0 Å². The molecule has 0 aliphatic carbocycles. The maximum Gasteiger partial charge on any atom is 0.270 e. The molecule has 3 aromatic rings. The lowest BCUT2D eigenvalue weighted by molar-refractivity contribution is -0.384. The molecule has 0 spiro atoms. The van der Waals surface area contributed by atoms with Crippen molar-refractivity contribution in [3.63, 3.8) is 0 Å². The van der Waals surface area contributed by atoms with Gasteiger partial charge in [-0.1, -0.05) is 0 Å². The van der Waals surface area contributed by atoms with E-state index in [1.807, 2.05) is 12.3 Å². The monoisotopic (exact) mass is 301 g/mol. The van der Waals surface area contributed by atoms with Gasteiger partial charge in [-0.15, -0.1) is 11.3 Å². The summed E-state index contributed by atoms with van der Waals surface area (Å²) in [5.74, 6) is 0.561. The van der Waals surface area contributed by atoms with E-state index in [0.29, 0.717) is 16.7 Å². The van der Waals surface area contributed by atoms with Crippen LogP contribution in [0.15, 0.2) is 36.1 Å². The van der Waals surface area contributed by atoms with Crippen molar-refractivity contribution in [1.29, 1.82) is 0 Å². The SMILES string of the molecule is CC(Nc1ncnc2ccc([N+](=O)[O-])cc12)c1nccs1. The van der Waals surface area contributed by atoms with Crippen LogP contribution in [-0.2, 0) is 0 Å². The van der Waals surface area contributed by atoms with Crippen molar-refractivity contribution in [2.75, 3.05) is 5.32 Å². The minimum atomic E-state index is -0.430. The Hall–Kier alpha value is -2.61. The largest absolute Gasteiger partial charge is 0.360 e. The first-order valence-electron chi connectivity index (χ1n) is 6.20. The molecule has 0 bridgehead atoms. The van der Waals surface area contributed by atoms with E-state index in [4.69, 9.17) is 0 Å². The normalized spacial score (nSPS) is 12.2. The number of nitro benzene ring substituents is 1. The van der Waals surface area contributed by atoms with Crippen LogP contribution in [0, 0.1) is 10.1 Å². The molecular weight excluding hydrogens is 290 g/mol. The molecule has 1 aromatic carbocycles. The lowest BCUT2D eigenvalue weighted by Gasteiger charge is -2.13. The van der Waals surface area contributed by atoms with Crippen LogP contribution < -0.4 is 5.32 Å². The van der Waals surface area contributed by atoms with Crippen LogP contribution in [0.2, 0.25) is 0 Å². The summed E-state index contributed by atoms with van der Waals surface area (Å²) >= 11 is 1.54. The standard InChI is InChI=1S/C13H11N5O2S/c1-8(13-14-4-5-21-13)17-12-10-6-9(18(19)20)2-3-11(10)15-7-16-12/h2-8H,1H3,(H,15,16,17). The van der Waals surface area contributed by atoms with Gasteiger partial charge in [0, 0.05) is 29.1 Å². The van der Waals surface area contributed by atoms with Gasteiger partial charge in [-0.3, -0.25) is 10.1 Å². The molecule has 3 rings (SSSR count). The molecule has 0 fully saturated rings. The van der Waals surface area contributed by atoms with Crippen molar-refractivity contribution in [3.8, 4) is 0 Å². The quantitative estimate of drug-likeness (QED) is 0.587. The number of rotatable bonds is 4. The first kappa shape index (κ1) is 13.4. The maximum absolute atomic E-state index is 10.9. The predicted octanol–water partition coefficient (Wildman–Crippen LogP) is 3.17. The van der Waals surface area contributed by atoms with Crippen molar-refractivity contribution in [1.82, 2.24) is 15.0 Å². The number of hydrogen-bond donors (Lipinski definition) is 1. The Balaban J connectivity index is 2.01. The predicted molar refractivity (Wildman–Crippen MR) is 80.3 cm³/mol. The molecule has 0 amide bonds. The second-order valence-corrected chi connectivity index (χ2v) is 5.34. The van der Waals surface area contributed by atoms with E-state index < -0.39 is 4.92 Å². The molecule has 7 nitrogen and oxygen atoms in total. The Labute approximate surface area is 123 Å². The van der Waals surface area contributed by atoms with Crippen molar-refractivity contribution < 1.29 is 4.92 Å². The summed E-state index contributed by atoms with van der Waals surface area (Å²) in [7, 11) is 0. The summed E-state index contributed by atoms with van der Waals surface area (Å²) in [6.45, 7) is 1.96. The van der Waals surface area contributed by atoms with Gasteiger partial charge in [-0.05, 0) is 13.0 Å². The van der Waals surface area contributed by atoms with E-state index in [0.717, 1.165) is 5.01 Å². The van der Waals surface area contributed by atoms with Gasteiger partial charge in [0.25, 0.3) is 5.69 Å². The van der Waals surface area contributed by atoms with E-state index in [1.54, 1.807) is 12.3 Å². The first-order chi connectivity index (χ1) is 10.1. The zero-order chi connectivity index (χ0) is 14.8. The molecule has 1 atom stereocenters. The van der Waals surface area contributed by atoms with Gasteiger partial charge < -0.3 is 5.32 Å². The van der Waals surface area contributed by atoms with Gasteiger partial charge in [-0.2, -0.15) is 0 Å². The third kappa shape index (κ3) is 2.65. The lowest BCUT2D eigenvalue weighted by atomic mass is 10.2. The van der Waals surface area contributed by atoms with Crippen LogP contribution in [0.3, 0.4) is 0 Å². The van der Waals surface area contributed by atoms with Crippen LogP contribution in [-0.4, -0.2) is 19.9 Å². The summed E-state index contributed by atoms with van der Waals surface area (Å²) < 4.78 is 0. The smallest absolute Gasteiger partial charge is 0.270 e. The summed E-state index contributed by atoms with van der Waals surface area (Å²) in [6, 6.07) is 4.49. The molecule has 2 aromatic heterocycles. The highest BCUT2D eigenvalue weighted by molar-refractivity contribution is 7.09. The second kappa shape index (κ2) is 5.41. The molecule has 106 valence electrons. The van der Waals surface area contributed by atoms with Crippen LogP contribution in [0.4, 0.5) is 11.5 Å². The zero-order valence-electron chi connectivity index (χ0n) is 11.1. The van der Waals surface area contributed by atoms with E-state index in [1.165, 1.54) is 29.8 Å². The van der Waals surface area contributed by atoms with Crippen LogP contribution in [0.1, 0.15) is 18.0 Å². The average Bonchev–Trinajstić information content (AvgIpc) is 3.01. The van der Waals surface area contributed by atoms with Crippen LogP contribution >= 0.6 is 11.3 Å². The Morgan fingerprint density at radius 2 is 2.19 bits per heavy atom. The Kier molecular flexibility index (Phi) is 3.44. The molecule has 2 heterocycles. The van der Waals surface area contributed by atoms with Gasteiger partial charge in [0.05, 0.1) is 16.5 Å². The minimum Gasteiger partial charge on any atom is -0.360 e. The van der Waals surface area contributed by atoms with Crippen molar-refractivity contribution in [2.24, 2.45) is 0 Å². The number of nitro groups is 1. The Morgan fingerprint density at radius 3 is 2.90 bits per heavy atom. The number of non-ortho nitro benzene ring substituents is 1. The van der Waals surface area contributed by atoms with Gasteiger partial charge in [-0.25, -0.2) is 15.0 Å². The molecule has 0 radical (unpaired) electrons. The van der Waals surface area contributed by atoms with Gasteiger partial charge in [0.1, 0.15) is 17.2 Å². The number of nitrogens with one attached hydrogen (secondary N) is 1. The minimum absolute atomic E-state index is 0.0160. The molecule has 0 aliphatic rings. The molecule has 0 saturated carbocycles. The Morgan fingerprint density at radius 1 is 1.33 bits per heavy atom. The topological polar surface area (TPSA) is 93.8 Å². The van der Waals surface area contributed by atoms with Crippen molar-refractivity contribution in [3.05, 3.63) is 51.2 Å². The summed E-state index contributed by atoms with van der Waals surface area (Å²) in [5.41, 5.74) is 0.673. The van der Waals surface area contributed by atoms with Crippen molar-refractivity contribution in [2.45, 2.75) is 13.0 Å². The van der Waals surface area contributed by atoms with Gasteiger partial charge in [0.15, 0.2) is 0 Å². The Bertz CT molecular complexity index is 790. The third-order valence-corrected chi connectivity index (χ3v) is 3.96. The fourth-order valence-corrected chi connectivity index (χ4v) is 2.63. The summed E-state index contributed by atoms with van der Waals surface area (Å²) in [6.07, 6.45) is 3.17. The van der Waals surface area contributed by atoms with Crippen LogP contribution in [0.5, 0.6) is 0 Å². The number of fused-ring (bicyclic) bond motifs is 1. The highest BCUT2D eigenvalue weighted by atomic mass is 32.1. The zero-order valence-corrected chi connectivity index (χ0v) is 11.9. The lowest BCUT2D eigenvalue weighted by Crippen LogP contribution is -2.08. The molecule has 0 saturated heterocycles. The van der Waals surface area contributed by atoms with E-state index in [-0.39, 0.29) is 11.7 Å². The third-order valence-electron chi connectivity index (χ3n) is 3.00. The number of anilines is 1. The highest BCUT2D eigenvalue weighted by Crippen LogP contribution is 2.27. The molecular formula is C13H11N5O2S. The van der Waals surface area contributed by atoms with E-state index in [2.05, 4.69) is 20.3 Å². The van der Waals surface area contributed by atoms with Crippen molar-refractivity contribution >= 4 is 33.7 Å². The molecule has 1 unspecified atom stereocenters. The number of benzene rings is 1. The highest BCUT2D eigenvalue weighted by Gasteiger charge is 2.14. The molecule has 8 heteroatoms. The fraction of sp³-hybridized carbons (Fsp3) is 0.154. The number of thiazole rings is 1.